The predicted octanol–water partition coefficient (Wildman–Crippen LogP) is 5.95. The van der Waals surface area contributed by atoms with Crippen LogP contribution in [0.4, 0.5) is 0 Å². The second-order valence-electron chi connectivity index (χ2n) is 8.79. The Labute approximate surface area is 164 Å². The topological polar surface area (TPSA) is 21.7 Å². The number of benzene rings is 2. The summed E-state index contributed by atoms with van der Waals surface area (Å²) in [4.78, 5) is 6.79. The first-order valence-electron chi connectivity index (χ1n) is 9.97. The molecule has 27 heavy (non-hydrogen) atoms. The second kappa shape index (κ2) is 8.04. The first kappa shape index (κ1) is 19.9. The number of para-hydroxylation sites is 1. The van der Waals surface area contributed by atoms with E-state index in [1.54, 1.807) is 7.11 Å². The molecular formula is C24H33NO2. The highest BCUT2D eigenvalue weighted by molar-refractivity contribution is 5.35. The fourth-order valence-corrected chi connectivity index (χ4v) is 4.34. The van der Waals surface area contributed by atoms with Crippen LogP contribution in [0.5, 0.6) is 5.75 Å². The van der Waals surface area contributed by atoms with Gasteiger partial charge in [0.05, 0.1) is 7.11 Å². The number of nitrogens with zero attached hydrogens (tertiary/aromatic N) is 1. The summed E-state index contributed by atoms with van der Waals surface area (Å²) >= 11 is 0. The van der Waals surface area contributed by atoms with Crippen LogP contribution < -0.4 is 4.74 Å². The minimum atomic E-state index is -0.0563. The van der Waals surface area contributed by atoms with Gasteiger partial charge in [0.1, 0.15) is 11.9 Å². The molecule has 2 aromatic carbocycles. The molecule has 3 heteroatoms. The maximum Gasteiger partial charge on any atom is 0.122 e. The Bertz CT molecular complexity index is 723. The van der Waals surface area contributed by atoms with Gasteiger partial charge in [-0.3, -0.25) is 4.84 Å². The number of hydrogen-bond donors (Lipinski definition) is 0. The average molecular weight is 368 g/mol. The van der Waals surface area contributed by atoms with Crippen LogP contribution in [0.3, 0.4) is 0 Å². The molecule has 0 saturated carbocycles. The van der Waals surface area contributed by atoms with Gasteiger partial charge >= 0.3 is 0 Å². The van der Waals surface area contributed by atoms with E-state index in [-0.39, 0.29) is 17.2 Å². The highest BCUT2D eigenvalue weighted by atomic mass is 16.7. The van der Waals surface area contributed by atoms with Crippen LogP contribution in [0.25, 0.3) is 0 Å². The second-order valence-corrected chi connectivity index (χ2v) is 8.79. The van der Waals surface area contributed by atoms with Gasteiger partial charge in [0.25, 0.3) is 0 Å². The van der Waals surface area contributed by atoms with E-state index >= 15 is 0 Å². The van der Waals surface area contributed by atoms with E-state index in [4.69, 9.17) is 9.57 Å². The lowest BCUT2D eigenvalue weighted by molar-refractivity contribution is -0.307. The summed E-state index contributed by atoms with van der Waals surface area (Å²) in [5.41, 5.74) is 2.38. The van der Waals surface area contributed by atoms with E-state index in [1.165, 1.54) is 17.5 Å². The molecule has 0 aromatic heterocycles. The monoisotopic (exact) mass is 367 g/mol. The Morgan fingerprint density at radius 3 is 2.11 bits per heavy atom. The normalized spacial score (nSPS) is 20.2. The van der Waals surface area contributed by atoms with Gasteiger partial charge in [-0.15, -0.1) is 0 Å². The van der Waals surface area contributed by atoms with Crippen molar-refractivity contribution in [1.82, 2.24) is 5.06 Å². The molecule has 0 aliphatic carbocycles. The zero-order valence-corrected chi connectivity index (χ0v) is 17.4. The van der Waals surface area contributed by atoms with Crippen molar-refractivity contribution in [3.05, 3.63) is 65.7 Å². The zero-order chi connectivity index (χ0) is 19.5. The Morgan fingerprint density at radius 2 is 1.48 bits per heavy atom. The van der Waals surface area contributed by atoms with Gasteiger partial charge in [-0.2, -0.15) is 5.06 Å². The third kappa shape index (κ3) is 4.53. The van der Waals surface area contributed by atoms with E-state index in [0.717, 1.165) is 25.0 Å². The average Bonchev–Trinajstić information content (AvgIpc) is 2.64. The molecule has 1 aliphatic rings. The molecule has 0 spiro atoms. The third-order valence-corrected chi connectivity index (χ3v) is 5.68. The van der Waals surface area contributed by atoms with Gasteiger partial charge in [0.2, 0.25) is 0 Å². The van der Waals surface area contributed by atoms with Crippen LogP contribution in [0, 0.1) is 0 Å². The molecule has 2 aromatic rings. The van der Waals surface area contributed by atoms with Gasteiger partial charge in [0.15, 0.2) is 0 Å². The van der Waals surface area contributed by atoms with Crippen molar-refractivity contribution in [2.45, 2.75) is 70.6 Å². The summed E-state index contributed by atoms with van der Waals surface area (Å²) in [6, 6.07) is 18.8. The first-order chi connectivity index (χ1) is 12.8. The number of hydroxylamine groups is 2. The van der Waals surface area contributed by atoms with Crippen molar-refractivity contribution in [2.75, 3.05) is 7.11 Å². The lowest BCUT2D eigenvalue weighted by Gasteiger charge is -2.52. The van der Waals surface area contributed by atoms with E-state index in [0.29, 0.717) is 0 Å². The Balaban J connectivity index is 1.93. The van der Waals surface area contributed by atoms with E-state index < -0.39 is 0 Å². The maximum absolute atomic E-state index is 6.79. The highest BCUT2D eigenvalue weighted by Crippen LogP contribution is 2.41. The summed E-state index contributed by atoms with van der Waals surface area (Å²) in [7, 11) is 1.73. The van der Waals surface area contributed by atoms with Crippen LogP contribution in [0.1, 0.15) is 64.2 Å². The minimum absolute atomic E-state index is 0.00948. The van der Waals surface area contributed by atoms with Crippen molar-refractivity contribution >= 4 is 0 Å². The summed E-state index contributed by atoms with van der Waals surface area (Å²) in [6.45, 7) is 9.16. The van der Waals surface area contributed by atoms with Crippen LogP contribution in [-0.2, 0) is 11.3 Å². The number of methoxy groups -OCH3 is 1. The van der Waals surface area contributed by atoms with Crippen LogP contribution in [-0.4, -0.2) is 23.3 Å². The predicted molar refractivity (Wildman–Crippen MR) is 111 cm³/mol. The molecule has 3 nitrogen and oxygen atoms in total. The molecule has 1 atom stereocenters. The molecule has 1 fully saturated rings. The summed E-state index contributed by atoms with van der Waals surface area (Å²) in [5.74, 6) is 0.916. The van der Waals surface area contributed by atoms with Crippen LogP contribution in [0.15, 0.2) is 54.6 Å². The Morgan fingerprint density at radius 1 is 0.889 bits per heavy atom. The fourth-order valence-electron chi connectivity index (χ4n) is 4.34. The van der Waals surface area contributed by atoms with Crippen molar-refractivity contribution in [3.63, 3.8) is 0 Å². The smallest absolute Gasteiger partial charge is 0.122 e. The molecule has 1 unspecified atom stereocenters. The number of hydrogen-bond acceptors (Lipinski definition) is 3. The van der Waals surface area contributed by atoms with Crippen molar-refractivity contribution in [3.8, 4) is 5.75 Å². The molecule has 0 amide bonds. The number of ether oxygens (including phenoxy) is 1. The van der Waals surface area contributed by atoms with Crippen molar-refractivity contribution in [1.29, 1.82) is 0 Å². The highest BCUT2D eigenvalue weighted by Gasteiger charge is 2.43. The number of rotatable bonds is 6. The molecule has 146 valence electrons. The lowest BCUT2D eigenvalue weighted by atomic mass is 9.82. The van der Waals surface area contributed by atoms with E-state index in [2.05, 4.69) is 75.2 Å². The van der Waals surface area contributed by atoms with Gasteiger partial charge in [-0.25, -0.2) is 0 Å². The fraction of sp³-hybridized carbons (Fsp3) is 0.500. The minimum Gasteiger partial charge on any atom is -0.496 e. The van der Waals surface area contributed by atoms with Gasteiger partial charge in [-0.05, 0) is 64.2 Å². The lowest BCUT2D eigenvalue weighted by Crippen LogP contribution is -2.58. The number of piperidine rings is 1. The molecule has 1 saturated heterocycles. The largest absolute Gasteiger partial charge is 0.496 e. The van der Waals surface area contributed by atoms with Gasteiger partial charge in [0, 0.05) is 17.5 Å². The van der Waals surface area contributed by atoms with E-state index in [9.17, 15) is 0 Å². The summed E-state index contributed by atoms with van der Waals surface area (Å²) in [6.07, 6.45) is 4.25. The Kier molecular flexibility index (Phi) is 5.92. The summed E-state index contributed by atoms with van der Waals surface area (Å²) < 4.78 is 5.58. The van der Waals surface area contributed by atoms with Gasteiger partial charge < -0.3 is 4.74 Å². The zero-order valence-electron chi connectivity index (χ0n) is 17.4. The Hall–Kier alpha value is -1.84. The molecule has 0 bridgehead atoms. The molecular weight excluding hydrogens is 334 g/mol. The quantitative estimate of drug-likeness (QED) is 0.629. The molecule has 1 aliphatic heterocycles. The molecule has 0 radical (unpaired) electrons. The standard InChI is InChI=1S/C24H33NO2/c1-23(2)16-11-17-24(3,4)25(23)27-22(19-12-7-6-8-13-19)18-20-14-9-10-15-21(20)26-5/h6-10,12-15,22H,11,16-18H2,1-5H3. The van der Waals surface area contributed by atoms with Crippen molar-refractivity contribution < 1.29 is 9.57 Å². The first-order valence-corrected chi connectivity index (χ1v) is 9.97. The maximum atomic E-state index is 6.79. The molecule has 1 heterocycles. The molecule has 3 rings (SSSR count). The van der Waals surface area contributed by atoms with Crippen molar-refractivity contribution in [2.24, 2.45) is 0 Å². The van der Waals surface area contributed by atoms with Crippen LogP contribution in [0.2, 0.25) is 0 Å². The summed E-state index contributed by atoms with van der Waals surface area (Å²) in [5, 5.41) is 2.26. The SMILES string of the molecule is COc1ccccc1CC(ON1C(C)(C)CCCC1(C)C)c1ccccc1. The van der Waals surface area contributed by atoms with E-state index in [1.807, 2.05) is 12.1 Å². The van der Waals surface area contributed by atoms with Gasteiger partial charge in [-0.1, -0.05) is 48.5 Å². The van der Waals surface area contributed by atoms with Crippen LogP contribution >= 0.6 is 0 Å². The third-order valence-electron chi connectivity index (χ3n) is 5.68. The molecule has 0 N–H and O–H groups in total.